The predicted molar refractivity (Wildman–Crippen MR) is 111 cm³/mol. The molecule has 9 heteroatoms. The molecule has 3 aromatic heterocycles. The van der Waals surface area contributed by atoms with E-state index in [0.717, 1.165) is 5.56 Å². The van der Waals surface area contributed by atoms with Crippen molar-refractivity contribution in [1.29, 1.82) is 0 Å². The summed E-state index contributed by atoms with van der Waals surface area (Å²) in [5.74, 6) is -1.00. The van der Waals surface area contributed by atoms with Crippen molar-refractivity contribution in [1.82, 2.24) is 18.9 Å². The zero-order valence-corrected chi connectivity index (χ0v) is 17.0. The average molecular weight is 424 g/mol. The topological polar surface area (TPSA) is 78.5 Å². The summed E-state index contributed by atoms with van der Waals surface area (Å²) in [6.07, 6.45) is 4.93. The van der Waals surface area contributed by atoms with Crippen molar-refractivity contribution in [2.75, 3.05) is 6.26 Å². The fraction of sp³-hybridized carbons (Fsp3) is 0.143. The minimum absolute atomic E-state index is 0.165. The SMILES string of the molecule is CSc1ncc(C(=O)OCc2cc(=O)n3cc(C)ccc3n2)n1-c1ccc(F)cc1. The van der Waals surface area contributed by atoms with Gasteiger partial charge in [-0.25, -0.2) is 19.2 Å². The molecule has 0 aliphatic heterocycles. The second-order valence-electron chi connectivity index (χ2n) is 6.54. The van der Waals surface area contributed by atoms with Gasteiger partial charge in [0.05, 0.1) is 11.9 Å². The lowest BCUT2D eigenvalue weighted by Crippen LogP contribution is -2.17. The average Bonchev–Trinajstić information content (AvgIpc) is 3.17. The van der Waals surface area contributed by atoms with Crippen molar-refractivity contribution in [3.63, 3.8) is 0 Å². The maximum atomic E-state index is 13.3. The molecule has 0 aliphatic carbocycles. The third kappa shape index (κ3) is 3.84. The van der Waals surface area contributed by atoms with E-state index in [4.69, 9.17) is 4.74 Å². The number of halogens is 1. The summed E-state index contributed by atoms with van der Waals surface area (Å²) in [6.45, 7) is 1.72. The molecule has 3 heterocycles. The summed E-state index contributed by atoms with van der Waals surface area (Å²) in [7, 11) is 0. The van der Waals surface area contributed by atoms with Crippen LogP contribution in [0.4, 0.5) is 4.39 Å². The third-order valence-electron chi connectivity index (χ3n) is 4.42. The van der Waals surface area contributed by atoms with Gasteiger partial charge in [0, 0.05) is 18.0 Å². The quantitative estimate of drug-likeness (QED) is 0.361. The smallest absolute Gasteiger partial charge is 0.357 e. The molecule has 0 unspecified atom stereocenters. The van der Waals surface area contributed by atoms with Crippen LogP contribution >= 0.6 is 11.8 Å². The van der Waals surface area contributed by atoms with Gasteiger partial charge >= 0.3 is 5.97 Å². The fourth-order valence-electron chi connectivity index (χ4n) is 3.01. The van der Waals surface area contributed by atoms with Crippen LogP contribution in [0.25, 0.3) is 11.3 Å². The lowest BCUT2D eigenvalue weighted by Gasteiger charge is -2.11. The molecular formula is C21H17FN4O3S. The molecule has 1 aromatic carbocycles. The highest BCUT2D eigenvalue weighted by Crippen LogP contribution is 2.22. The molecule has 0 saturated heterocycles. The van der Waals surface area contributed by atoms with Crippen LogP contribution in [0.2, 0.25) is 0 Å². The van der Waals surface area contributed by atoms with E-state index in [2.05, 4.69) is 9.97 Å². The van der Waals surface area contributed by atoms with E-state index in [1.807, 2.05) is 19.2 Å². The third-order valence-corrected chi connectivity index (χ3v) is 5.07. The number of thioether (sulfide) groups is 1. The van der Waals surface area contributed by atoms with Crippen LogP contribution in [-0.2, 0) is 11.3 Å². The van der Waals surface area contributed by atoms with Gasteiger partial charge in [-0.15, -0.1) is 0 Å². The van der Waals surface area contributed by atoms with Gasteiger partial charge in [0.2, 0.25) is 0 Å². The summed E-state index contributed by atoms with van der Waals surface area (Å²) >= 11 is 1.35. The van der Waals surface area contributed by atoms with Gasteiger partial charge in [0.25, 0.3) is 5.56 Å². The molecule has 0 spiro atoms. The van der Waals surface area contributed by atoms with Crippen LogP contribution < -0.4 is 5.56 Å². The largest absolute Gasteiger partial charge is 0.454 e. The van der Waals surface area contributed by atoms with E-state index in [1.54, 1.807) is 29.0 Å². The Morgan fingerprint density at radius 3 is 2.70 bits per heavy atom. The second kappa shape index (κ2) is 8.11. The number of nitrogens with zero attached hydrogens (tertiary/aromatic N) is 4. The number of pyridine rings is 1. The Bertz CT molecular complexity index is 1300. The van der Waals surface area contributed by atoms with Crippen LogP contribution in [0, 0.1) is 12.7 Å². The number of fused-ring (bicyclic) bond motifs is 1. The van der Waals surface area contributed by atoms with Gasteiger partial charge in [-0.05, 0) is 49.1 Å². The van der Waals surface area contributed by atoms with Crippen LogP contribution in [0.5, 0.6) is 0 Å². The number of aromatic nitrogens is 4. The van der Waals surface area contributed by atoms with Crippen LogP contribution in [0.15, 0.2) is 64.8 Å². The van der Waals surface area contributed by atoms with Crippen molar-refractivity contribution in [3.05, 3.63) is 88.0 Å². The Hall–Kier alpha value is -3.46. The maximum absolute atomic E-state index is 13.3. The summed E-state index contributed by atoms with van der Waals surface area (Å²) in [5.41, 5.74) is 2.28. The van der Waals surface area contributed by atoms with E-state index in [1.165, 1.54) is 40.6 Å². The zero-order valence-electron chi connectivity index (χ0n) is 16.2. The number of rotatable bonds is 5. The first-order chi connectivity index (χ1) is 14.5. The monoisotopic (exact) mass is 424 g/mol. The number of imidazole rings is 1. The van der Waals surface area contributed by atoms with Gasteiger partial charge < -0.3 is 4.74 Å². The van der Waals surface area contributed by atoms with Crippen molar-refractivity contribution in [2.45, 2.75) is 18.7 Å². The molecule has 152 valence electrons. The number of aryl methyl sites for hydroxylation is 1. The van der Waals surface area contributed by atoms with E-state index in [-0.39, 0.29) is 23.7 Å². The number of carbonyl (C=O) groups is 1. The number of carbonyl (C=O) groups excluding carboxylic acids is 1. The number of esters is 1. The van der Waals surface area contributed by atoms with Crippen molar-refractivity contribution in [3.8, 4) is 5.69 Å². The molecule has 0 N–H and O–H groups in total. The number of ether oxygens (including phenoxy) is 1. The van der Waals surface area contributed by atoms with Crippen molar-refractivity contribution < 1.29 is 13.9 Å². The minimum atomic E-state index is -0.627. The van der Waals surface area contributed by atoms with E-state index in [0.29, 0.717) is 22.2 Å². The van der Waals surface area contributed by atoms with E-state index >= 15 is 0 Å². The highest BCUT2D eigenvalue weighted by Gasteiger charge is 2.19. The van der Waals surface area contributed by atoms with Crippen LogP contribution in [0.1, 0.15) is 21.7 Å². The molecule has 4 rings (SSSR count). The standard InChI is InChI=1S/C21H17FN4O3S/c1-13-3-8-18-24-15(9-19(27)25(18)11-13)12-29-20(28)17-10-23-21(30-2)26(17)16-6-4-14(22)5-7-16/h3-11H,12H2,1-2H3. The highest BCUT2D eigenvalue weighted by atomic mass is 32.2. The minimum Gasteiger partial charge on any atom is -0.454 e. The van der Waals surface area contributed by atoms with Crippen LogP contribution in [-0.4, -0.2) is 31.2 Å². The Balaban J connectivity index is 1.60. The first-order valence-electron chi connectivity index (χ1n) is 9.00. The normalized spacial score (nSPS) is 11.0. The Morgan fingerprint density at radius 2 is 1.97 bits per heavy atom. The Morgan fingerprint density at radius 1 is 1.20 bits per heavy atom. The molecule has 0 saturated carbocycles. The van der Waals surface area contributed by atoms with Gasteiger partial charge in [-0.1, -0.05) is 17.8 Å². The lowest BCUT2D eigenvalue weighted by molar-refractivity contribution is 0.0457. The summed E-state index contributed by atoms with van der Waals surface area (Å²) in [6, 6.07) is 10.7. The first-order valence-corrected chi connectivity index (χ1v) is 10.2. The molecule has 4 aromatic rings. The van der Waals surface area contributed by atoms with Crippen molar-refractivity contribution >= 4 is 23.4 Å². The van der Waals surface area contributed by atoms with Gasteiger partial charge in [-0.2, -0.15) is 0 Å². The number of benzene rings is 1. The Labute approximate surface area is 175 Å². The summed E-state index contributed by atoms with van der Waals surface area (Å²) in [4.78, 5) is 33.6. The fourth-order valence-corrected chi connectivity index (χ4v) is 3.55. The molecule has 0 bridgehead atoms. The molecular weight excluding hydrogens is 407 g/mol. The second-order valence-corrected chi connectivity index (χ2v) is 7.31. The first kappa shape index (κ1) is 19.8. The zero-order chi connectivity index (χ0) is 21.3. The molecule has 7 nitrogen and oxygen atoms in total. The molecule has 0 atom stereocenters. The lowest BCUT2D eigenvalue weighted by atomic mass is 10.3. The molecule has 0 aliphatic rings. The number of hydrogen-bond donors (Lipinski definition) is 0. The van der Waals surface area contributed by atoms with Gasteiger partial charge in [0.15, 0.2) is 10.9 Å². The summed E-state index contributed by atoms with van der Waals surface area (Å²) in [5, 5.41) is 0.561. The van der Waals surface area contributed by atoms with E-state index in [9.17, 15) is 14.0 Å². The van der Waals surface area contributed by atoms with Gasteiger partial charge in [-0.3, -0.25) is 13.8 Å². The van der Waals surface area contributed by atoms with Crippen molar-refractivity contribution in [2.24, 2.45) is 0 Å². The summed E-state index contributed by atoms with van der Waals surface area (Å²) < 4.78 is 21.7. The molecule has 0 radical (unpaired) electrons. The molecule has 30 heavy (non-hydrogen) atoms. The van der Waals surface area contributed by atoms with Crippen LogP contribution in [0.3, 0.4) is 0 Å². The number of hydrogen-bond acceptors (Lipinski definition) is 6. The molecule has 0 fully saturated rings. The Kier molecular flexibility index (Phi) is 5.37. The van der Waals surface area contributed by atoms with E-state index < -0.39 is 5.97 Å². The van der Waals surface area contributed by atoms with Gasteiger partial charge in [0.1, 0.15) is 18.1 Å². The molecule has 0 amide bonds. The predicted octanol–water partition coefficient (Wildman–Crippen LogP) is 3.41. The highest BCUT2D eigenvalue weighted by molar-refractivity contribution is 7.98. The maximum Gasteiger partial charge on any atom is 0.357 e.